The second-order valence-electron chi connectivity index (χ2n) is 8.75. The predicted octanol–water partition coefficient (Wildman–Crippen LogP) is 8.35. The molecular weight excluding hydrogens is 429 g/mol. The van der Waals surface area contributed by atoms with Gasteiger partial charge in [0.15, 0.2) is 17.5 Å². The van der Waals surface area contributed by atoms with Gasteiger partial charge in [-0.15, -0.1) is 0 Å². The summed E-state index contributed by atoms with van der Waals surface area (Å²) in [7, 11) is 0. The van der Waals surface area contributed by atoms with Gasteiger partial charge in [-0.2, -0.15) is 0 Å². The number of hydrogen-bond acceptors (Lipinski definition) is 0. The molecule has 0 saturated heterocycles. The highest BCUT2D eigenvalue weighted by Crippen LogP contribution is 2.26. The summed E-state index contributed by atoms with van der Waals surface area (Å²) in [6.07, 6.45) is 4.29. The van der Waals surface area contributed by atoms with Gasteiger partial charge in [-0.1, -0.05) is 86.7 Å². The lowest BCUT2D eigenvalue weighted by molar-refractivity contribution is 0.446. The summed E-state index contributed by atoms with van der Waals surface area (Å²) < 4.78 is 40.2. The average Bonchev–Trinajstić information content (AvgIpc) is 2.84. The van der Waals surface area contributed by atoms with Gasteiger partial charge in [0.1, 0.15) is 0 Å². The molecule has 1 unspecified atom stereocenters. The number of rotatable bonds is 6. The second kappa shape index (κ2) is 10.6. The summed E-state index contributed by atoms with van der Waals surface area (Å²) in [4.78, 5) is 0. The summed E-state index contributed by atoms with van der Waals surface area (Å²) >= 11 is 0. The third-order valence-corrected chi connectivity index (χ3v) is 6.26. The Kier molecular flexibility index (Phi) is 7.38. The predicted molar refractivity (Wildman–Crippen MR) is 133 cm³/mol. The number of hydrogen-bond donors (Lipinski definition) is 0. The third kappa shape index (κ3) is 5.34. The van der Waals surface area contributed by atoms with Crippen molar-refractivity contribution in [1.29, 1.82) is 0 Å². The van der Waals surface area contributed by atoms with Gasteiger partial charge < -0.3 is 0 Å². The van der Waals surface area contributed by atoms with E-state index in [0.717, 1.165) is 41.3 Å². The fourth-order valence-corrected chi connectivity index (χ4v) is 4.47. The van der Waals surface area contributed by atoms with Crippen LogP contribution >= 0.6 is 0 Å². The molecule has 0 heterocycles. The van der Waals surface area contributed by atoms with Crippen LogP contribution < -0.4 is 0 Å². The van der Waals surface area contributed by atoms with Crippen LogP contribution in [0.5, 0.6) is 0 Å². The SMILES string of the molecule is CCCC(C)c1ccccc1CCc1ccc2c(C#Cc3cc(F)c(F)c(F)c3)cccc2c1. The first kappa shape index (κ1) is 23.6. The van der Waals surface area contributed by atoms with Gasteiger partial charge in [0.25, 0.3) is 0 Å². The van der Waals surface area contributed by atoms with E-state index in [1.807, 2.05) is 24.3 Å². The fourth-order valence-electron chi connectivity index (χ4n) is 4.47. The van der Waals surface area contributed by atoms with Gasteiger partial charge in [-0.25, -0.2) is 13.2 Å². The number of fused-ring (bicyclic) bond motifs is 1. The van der Waals surface area contributed by atoms with Gasteiger partial charge >= 0.3 is 0 Å². The molecular formula is C31H27F3. The minimum Gasteiger partial charge on any atom is -0.204 e. The quantitative estimate of drug-likeness (QED) is 0.202. The van der Waals surface area contributed by atoms with E-state index in [0.29, 0.717) is 5.92 Å². The molecule has 0 aliphatic rings. The van der Waals surface area contributed by atoms with Gasteiger partial charge in [-0.3, -0.25) is 0 Å². The Hall–Kier alpha value is -3.51. The minimum absolute atomic E-state index is 0.0981. The molecule has 0 spiro atoms. The highest BCUT2D eigenvalue weighted by atomic mass is 19.2. The Morgan fingerprint density at radius 2 is 1.56 bits per heavy atom. The maximum atomic E-state index is 13.5. The summed E-state index contributed by atoms with van der Waals surface area (Å²) in [6.45, 7) is 4.53. The number of aryl methyl sites for hydroxylation is 2. The molecule has 0 aliphatic carbocycles. The molecule has 0 saturated carbocycles. The molecule has 0 aliphatic heterocycles. The van der Waals surface area contributed by atoms with Crippen LogP contribution in [-0.2, 0) is 12.8 Å². The molecule has 4 aromatic carbocycles. The summed E-state index contributed by atoms with van der Waals surface area (Å²) in [5, 5.41) is 2.03. The van der Waals surface area contributed by atoms with Crippen LogP contribution in [0.4, 0.5) is 13.2 Å². The fraction of sp³-hybridized carbons (Fsp3) is 0.226. The third-order valence-electron chi connectivity index (χ3n) is 6.26. The molecule has 3 heteroatoms. The molecule has 34 heavy (non-hydrogen) atoms. The number of halogens is 3. The van der Waals surface area contributed by atoms with Crippen LogP contribution in [0, 0.1) is 29.3 Å². The van der Waals surface area contributed by atoms with E-state index in [1.165, 1.54) is 29.5 Å². The standard InChI is InChI=1S/C31H27F3/c1-3-7-21(2)27-11-5-4-8-24(27)15-12-22-14-17-28-25(9-6-10-26(28)18-22)16-13-23-19-29(32)31(34)30(33)20-23/h4-6,8-11,14,17-21H,3,7,12,15H2,1-2H3. The van der Waals surface area contributed by atoms with Crippen LogP contribution in [0.2, 0.25) is 0 Å². The van der Waals surface area contributed by atoms with Crippen LogP contribution in [0.25, 0.3) is 10.8 Å². The Morgan fingerprint density at radius 3 is 2.32 bits per heavy atom. The number of benzene rings is 4. The molecule has 172 valence electrons. The van der Waals surface area contributed by atoms with Crippen molar-refractivity contribution < 1.29 is 13.2 Å². The van der Waals surface area contributed by atoms with Crippen molar-refractivity contribution in [3.05, 3.63) is 118 Å². The smallest absolute Gasteiger partial charge is 0.194 e. The van der Waals surface area contributed by atoms with Crippen LogP contribution in [0.15, 0.2) is 72.8 Å². The van der Waals surface area contributed by atoms with E-state index in [-0.39, 0.29) is 5.56 Å². The maximum absolute atomic E-state index is 13.5. The van der Waals surface area contributed by atoms with Crippen molar-refractivity contribution in [2.75, 3.05) is 0 Å². The van der Waals surface area contributed by atoms with Crippen LogP contribution in [0.3, 0.4) is 0 Å². The van der Waals surface area contributed by atoms with Gasteiger partial charge in [0.2, 0.25) is 0 Å². The normalized spacial score (nSPS) is 11.8. The van der Waals surface area contributed by atoms with Crippen molar-refractivity contribution in [2.45, 2.75) is 45.4 Å². The van der Waals surface area contributed by atoms with E-state index in [4.69, 9.17) is 0 Å². The highest BCUT2D eigenvalue weighted by molar-refractivity contribution is 5.88. The van der Waals surface area contributed by atoms with Crippen molar-refractivity contribution in [3.63, 3.8) is 0 Å². The Morgan fingerprint density at radius 1 is 0.794 bits per heavy atom. The molecule has 0 amide bonds. The Balaban J connectivity index is 1.56. The van der Waals surface area contributed by atoms with E-state index >= 15 is 0 Å². The molecule has 0 nitrogen and oxygen atoms in total. The van der Waals surface area contributed by atoms with Crippen LogP contribution in [0.1, 0.15) is 60.4 Å². The van der Waals surface area contributed by atoms with E-state index in [2.05, 4.69) is 62.1 Å². The maximum Gasteiger partial charge on any atom is 0.194 e. The lowest BCUT2D eigenvalue weighted by Gasteiger charge is -2.16. The molecule has 0 aromatic heterocycles. The van der Waals surface area contributed by atoms with E-state index in [9.17, 15) is 13.2 Å². The zero-order valence-corrected chi connectivity index (χ0v) is 19.5. The van der Waals surface area contributed by atoms with Crippen molar-refractivity contribution >= 4 is 10.8 Å². The van der Waals surface area contributed by atoms with Crippen LogP contribution in [-0.4, -0.2) is 0 Å². The first-order chi connectivity index (χ1) is 16.5. The molecule has 4 rings (SSSR count). The second-order valence-corrected chi connectivity index (χ2v) is 8.75. The molecule has 0 fully saturated rings. The monoisotopic (exact) mass is 456 g/mol. The molecule has 0 N–H and O–H groups in total. The van der Waals surface area contributed by atoms with Crippen molar-refractivity contribution in [2.24, 2.45) is 0 Å². The Bertz CT molecular complexity index is 1350. The van der Waals surface area contributed by atoms with Crippen molar-refractivity contribution in [3.8, 4) is 11.8 Å². The summed E-state index contributed by atoms with van der Waals surface area (Å²) in [6, 6.07) is 22.7. The highest BCUT2D eigenvalue weighted by Gasteiger charge is 2.11. The molecule has 4 aromatic rings. The van der Waals surface area contributed by atoms with E-state index in [1.54, 1.807) is 0 Å². The lowest BCUT2D eigenvalue weighted by Crippen LogP contribution is -2.01. The lowest BCUT2D eigenvalue weighted by atomic mass is 9.89. The summed E-state index contributed by atoms with van der Waals surface area (Å²) in [5.74, 6) is 2.33. The largest absolute Gasteiger partial charge is 0.204 e. The Labute approximate surface area is 199 Å². The summed E-state index contributed by atoms with van der Waals surface area (Å²) in [5.41, 5.74) is 4.95. The topological polar surface area (TPSA) is 0 Å². The van der Waals surface area contributed by atoms with Crippen molar-refractivity contribution in [1.82, 2.24) is 0 Å². The first-order valence-corrected chi connectivity index (χ1v) is 11.7. The minimum atomic E-state index is -1.48. The zero-order valence-electron chi connectivity index (χ0n) is 19.5. The molecule has 1 atom stereocenters. The van der Waals surface area contributed by atoms with Gasteiger partial charge in [0, 0.05) is 11.1 Å². The molecule has 0 bridgehead atoms. The van der Waals surface area contributed by atoms with Gasteiger partial charge in [-0.05, 0) is 70.8 Å². The van der Waals surface area contributed by atoms with E-state index < -0.39 is 17.5 Å². The molecule has 0 radical (unpaired) electrons. The zero-order chi connectivity index (χ0) is 24.1. The van der Waals surface area contributed by atoms with Gasteiger partial charge in [0.05, 0.1) is 0 Å². The first-order valence-electron chi connectivity index (χ1n) is 11.7. The average molecular weight is 457 g/mol.